The minimum absolute atomic E-state index is 0.341. The van der Waals surface area contributed by atoms with E-state index in [4.69, 9.17) is 16.0 Å². The van der Waals surface area contributed by atoms with Gasteiger partial charge < -0.3 is 4.42 Å². The van der Waals surface area contributed by atoms with Crippen LogP contribution in [-0.2, 0) is 16.2 Å². The molecule has 1 N–H and O–H groups in total. The zero-order chi connectivity index (χ0) is 16.5. The number of alkyl halides is 3. The molecule has 2 rings (SSSR count). The molecule has 0 saturated carbocycles. The van der Waals surface area contributed by atoms with E-state index < -0.39 is 37.7 Å². The Balaban J connectivity index is 2.34. The molecular weight excluding hydrogens is 343 g/mol. The van der Waals surface area contributed by atoms with Crippen molar-refractivity contribution >= 4 is 21.6 Å². The Morgan fingerprint density at radius 3 is 2.50 bits per heavy atom. The molecule has 0 aliphatic heterocycles. The molecule has 1 heterocycles. The Bertz CT molecular complexity index is 757. The van der Waals surface area contributed by atoms with Gasteiger partial charge in [-0.3, -0.25) is 0 Å². The fourth-order valence-corrected chi connectivity index (χ4v) is 3.25. The van der Waals surface area contributed by atoms with Crippen LogP contribution in [-0.4, -0.2) is 8.42 Å². The molecule has 1 aromatic carbocycles. The summed E-state index contributed by atoms with van der Waals surface area (Å²) in [4.78, 5) is -0.525. The van der Waals surface area contributed by atoms with Gasteiger partial charge in [-0.25, -0.2) is 13.1 Å². The summed E-state index contributed by atoms with van der Waals surface area (Å²) in [5.41, 5.74) is -1.21. The molecular formula is C13H11ClF3NO3S. The van der Waals surface area contributed by atoms with E-state index in [1.54, 1.807) is 12.1 Å². The molecule has 1 aromatic heterocycles. The topological polar surface area (TPSA) is 59.3 Å². The minimum Gasteiger partial charge on any atom is -0.468 e. The molecule has 2 aromatic rings. The second-order valence-corrected chi connectivity index (χ2v) is 6.62. The first-order valence-corrected chi connectivity index (χ1v) is 7.90. The molecule has 0 aliphatic rings. The van der Waals surface area contributed by atoms with Crippen LogP contribution in [0.25, 0.3) is 0 Å². The fraction of sp³-hybridized carbons (Fsp3) is 0.231. The van der Waals surface area contributed by atoms with Gasteiger partial charge in [-0.1, -0.05) is 11.6 Å². The summed E-state index contributed by atoms with van der Waals surface area (Å²) in [6, 6.07) is 4.80. The standard InChI is InChI=1S/C13H11ClF3NO3S/c1-8(12-3-2-6-21-12)18-22(19,20)9-4-5-11(14)10(7-9)13(15,16)17/h2-8,18H,1H3/t8-/m0/s1. The smallest absolute Gasteiger partial charge is 0.417 e. The second kappa shape index (κ2) is 5.94. The van der Waals surface area contributed by atoms with E-state index in [9.17, 15) is 21.6 Å². The molecule has 0 unspecified atom stereocenters. The number of benzene rings is 1. The highest BCUT2D eigenvalue weighted by Gasteiger charge is 2.34. The monoisotopic (exact) mass is 353 g/mol. The highest BCUT2D eigenvalue weighted by atomic mass is 35.5. The van der Waals surface area contributed by atoms with Gasteiger partial charge in [0.2, 0.25) is 10.0 Å². The lowest BCUT2D eigenvalue weighted by atomic mass is 10.2. The Hall–Kier alpha value is -1.51. The van der Waals surface area contributed by atoms with Gasteiger partial charge in [-0.2, -0.15) is 13.2 Å². The van der Waals surface area contributed by atoms with Crippen molar-refractivity contribution in [3.05, 3.63) is 52.9 Å². The summed E-state index contributed by atoms with van der Waals surface area (Å²) in [5.74, 6) is 0.341. The summed E-state index contributed by atoms with van der Waals surface area (Å²) in [7, 11) is -4.15. The second-order valence-electron chi connectivity index (χ2n) is 4.50. The van der Waals surface area contributed by atoms with Crippen LogP contribution in [0, 0.1) is 0 Å². The van der Waals surface area contributed by atoms with E-state index in [0.29, 0.717) is 11.8 Å². The average Bonchev–Trinajstić information content (AvgIpc) is 2.90. The number of hydrogen-bond acceptors (Lipinski definition) is 3. The molecule has 0 saturated heterocycles. The molecule has 22 heavy (non-hydrogen) atoms. The largest absolute Gasteiger partial charge is 0.468 e. The van der Waals surface area contributed by atoms with Crippen molar-refractivity contribution in [3.8, 4) is 0 Å². The number of sulfonamides is 1. The van der Waals surface area contributed by atoms with Crippen molar-refractivity contribution in [2.45, 2.75) is 24.0 Å². The van der Waals surface area contributed by atoms with Gasteiger partial charge in [0, 0.05) is 0 Å². The molecule has 0 amide bonds. The molecule has 0 aliphatic carbocycles. The SMILES string of the molecule is C[C@H](NS(=O)(=O)c1ccc(Cl)c(C(F)(F)F)c1)c1ccco1. The lowest BCUT2D eigenvalue weighted by molar-refractivity contribution is -0.137. The Labute approximate surface area is 129 Å². The Kier molecular flexibility index (Phi) is 4.55. The number of nitrogens with one attached hydrogen (secondary N) is 1. The van der Waals surface area contributed by atoms with Crippen molar-refractivity contribution in [1.82, 2.24) is 4.72 Å². The molecule has 0 bridgehead atoms. The van der Waals surface area contributed by atoms with Crippen LogP contribution >= 0.6 is 11.6 Å². The highest BCUT2D eigenvalue weighted by molar-refractivity contribution is 7.89. The van der Waals surface area contributed by atoms with E-state index in [1.807, 2.05) is 0 Å². The van der Waals surface area contributed by atoms with E-state index in [-0.39, 0.29) is 0 Å². The van der Waals surface area contributed by atoms with E-state index in [1.165, 1.54) is 13.2 Å². The summed E-state index contributed by atoms with van der Waals surface area (Å²) < 4.78 is 70.0. The molecule has 4 nitrogen and oxygen atoms in total. The van der Waals surface area contributed by atoms with Gasteiger partial charge >= 0.3 is 6.18 Å². The third kappa shape index (κ3) is 3.63. The first-order chi connectivity index (χ1) is 10.1. The van der Waals surface area contributed by atoms with Crippen LogP contribution in [0.15, 0.2) is 45.9 Å². The average molecular weight is 354 g/mol. The lowest BCUT2D eigenvalue weighted by Gasteiger charge is -2.14. The zero-order valence-electron chi connectivity index (χ0n) is 11.2. The first-order valence-electron chi connectivity index (χ1n) is 6.04. The minimum atomic E-state index is -4.74. The number of hydrogen-bond donors (Lipinski definition) is 1. The van der Waals surface area contributed by atoms with Gasteiger partial charge in [-0.05, 0) is 37.3 Å². The lowest BCUT2D eigenvalue weighted by Crippen LogP contribution is -2.27. The molecule has 0 fully saturated rings. The molecule has 9 heteroatoms. The highest BCUT2D eigenvalue weighted by Crippen LogP contribution is 2.36. The summed E-state index contributed by atoms with van der Waals surface area (Å²) in [5, 5.41) is -0.564. The molecule has 0 radical (unpaired) electrons. The Morgan fingerprint density at radius 2 is 1.95 bits per heavy atom. The van der Waals surface area contributed by atoms with Crippen molar-refractivity contribution in [1.29, 1.82) is 0 Å². The predicted molar refractivity (Wildman–Crippen MR) is 73.9 cm³/mol. The van der Waals surface area contributed by atoms with E-state index >= 15 is 0 Å². The van der Waals surface area contributed by atoms with Gasteiger partial charge in [-0.15, -0.1) is 0 Å². The van der Waals surface area contributed by atoms with Crippen molar-refractivity contribution in [2.24, 2.45) is 0 Å². The third-order valence-corrected chi connectivity index (χ3v) is 4.72. The fourth-order valence-electron chi connectivity index (χ4n) is 1.79. The van der Waals surface area contributed by atoms with Crippen LogP contribution in [0.3, 0.4) is 0 Å². The van der Waals surface area contributed by atoms with Crippen molar-refractivity contribution in [3.63, 3.8) is 0 Å². The normalized spacial score (nSPS) is 14.0. The van der Waals surface area contributed by atoms with Crippen LogP contribution in [0.4, 0.5) is 13.2 Å². The maximum Gasteiger partial charge on any atom is 0.417 e. The summed E-state index contributed by atoms with van der Waals surface area (Å²) in [6.45, 7) is 1.51. The molecule has 0 spiro atoms. The predicted octanol–water partition coefficient (Wildman–Crippen LogP) is 3.99. The maximum atomic E-state index is 12.8. The number of rotatable bonds is 4. The summed E-state index contributed by atoms with van der Waals surface area (Å²) >= 11 is 5.47. The van der Waals surface area contributed by atoms with Crippen LogP contribution in [0.1, 0.15) is 24.3 Å². The number of furan rings is 1. The molecule has 120 valence electrons. The molecule has 1 atom stereocenters. The van der Waals surface area contributed by atoms with E-state index in [2.05, 4.69) is 4.72 Å². The van der Waals surface area contributed by atoms with Crippen molar-refractivity contribution in [2.75, 3.05) is 0 Å². The summed E-state index contributed by atoms with van der Waals surface area (Å²) in [6.07, 6.45) is -3.38. The third-order valence-electron chi connectivity index (χ3n) is 2.86. The van der Waals surface area contributed by atoms with Gasteiger partial charge in [0.05, 0.1) is 27.8 Å². The van der Waals surface area contributed by atoms with Gasteiger partial charge in [0.15, 0.2) is 0 Å². The maximum absolute atomic E-state index is 12.8. The zero-order valence-corrected chi connectivity index (χ0v) is 12.8. The van der Waals surface area contributed by atoms with Crippen molar-refractivity contribution < 1.29 is 26.0 Å². The van der Waals surface area contributed by atoms with Crippen LogP contribution in [0.5, 0.6) is 0 Å². The van der Waals surface area contributed by atoms with E-state index in [0.717, 1.165) is 12.1 Å². The Morgan fingerprint density at radius 1 is 1.27 bits per heavy atom. The van der Waals surface area contributed by atoms with Gasteiger partial charge in [0.25, 0.3) is 0 Å². The van der Waals surface area contributed by atoms with Crippen LogP contribution < -0.4 is 4.72 Å². The van der Waals surface area contributed by atoms with Crippen LogP contribution in [0.2, 0.25) is 5.02 Å². The number of halogens is 4. The first kappa shape index (κ1) is 16.9. The quantitative estimate of drug-likeness (QED) is 0.904. The van der Waals surface area contributed by atoms with Gasteiger partial charge in [0.1, 0.15) is 5.76 Å².